The number of thioether (sulfide) groups is 1. The topological polar surface area (TPSA) is 90.7 Å². The summed E-state index contributed by atoms with van der Waals surface area (Å²) in [5.41, 5.74) is -0.239. The van der Waals surface area contributed by atoms with Crippen molar-refractivity contribution in [2.24, 2.45) is 0 Å². The van der Waals surface area contributed by atoms with Crippen LogP contribution in [0.4, 0.5) is 5.69 Å². The first-order chi connectivity index (χ1) is 12.6. The highest BCUT2D eigenvalue weighted by atomic mass is 32.2. The minimum Gasteiger partial charge on any atom is -0.496 e. The summed E-state index contributed by atoms with van der Waals surface area (Å²) >= 11 is 1.72. The minimum absolute atomic E-state index is 0.0329. The van der Waals surface area contributed by atoms with Crippen LogP contribution in [-0.2, 0) is 4.79 Å². The molecule has 2 aromatic carbocycles. The lowest BCUT2D eigenvalue weighted by molar-refractivity contribution is -0.385. The van der Waals surface area contributed by atoms with Crippen LogP contribution in [0.1, 0.15) is 6.42 Å². The number of carbonyl (C=O) groups is 1. The van der Waals surface area contributed by atoms with Gasteiger partial charge >= 0.3 is 5.69 Å². The molecule has 2 aromatic rings. The zero-order valence-electron chi connectivity index (χ0n) is 14.3. The number of nitro groups is 1. The third-order valence-electron chi connectivity index (χ3n) is 3.38. The molecule has 0 aromatic heterocycles. The van der Waals surface area contributed by atoms with Crippen LogP contribution >= 0.6 is 11.8 Å². The molecule has 0 spiro atoms. The van der Waals surface area contributed by atoms with Crippen LogP contribution in [0.25, 0.3) is 0 Å². The Morgan fingerprint density at radius 2 is 2.00 bits per heavy atom. The Bertz CT molecular complexity index is 740. The van der Waals surface area contributed by atoms with Gasteiger partial charge in [-0.1, -0.05) is 18.2 Å². The molecular weight excluding hydrogens is 356 g/mol. The first kappa shape index (κ1) is 19.6. The van der Waals surface area contributed by atoms with Crippen LogP contribution in [0, 0.1) is 10.1 Å². The van der Waals surface area contributed by atoms with E-state index in [0.717, 1.165) is 12.2 Å². The predicted molar refractivity (Wildman–Crippen MR) is 99.9 cm³/mol. The van der Waals surface area contributed by atoms with Gasteiger partial charge in [-0.3, -0.25) is 14.9 Å². The first-order valence-electron chi connectivity index (χ1n) is 8.00. The van der Waals surface area contributed by atoms with Crippen molar-refractivity contribution in [3.05, 3.63) is 58.6 Å². The molecule has 0 aliphatic carbocycles. The maximum Gasteiger partial charge on any atom is 0.314 e. The van der Waals surface area contributed by atoms with Crippen LogP contribution in [0.15, 0.2) is 53.4 Å². The number of methoxy groups -OCH3 is 1. The minimum atomic E-state index is -0.573. The number of nitrogens with one attached hydrogen (secondary N) is 1. The summed E-state index contributed by atoms with van der Waals surface area (Å²) in [6, 6.07) is 14.2. The number of rotatable bonds is 10. The maximum atomic E-state index is 11.8. The Kier molecular flexibility index (Phi) is 7.75. The van der Waals surface area contributed by atoms with Crippen LogP contribution in [0.3, 0.4) is 0 Å². The molecule has 0 atom stereocenters. The standard InChI is InChI=1S/C18H20N2O5S/c1-24-14-8-9-17(16(12-14)20(22)23)25-13-18(21)19-10-5-11-26-15-6-3-2-4-7-15/h2-4,6-9,12H,5,10-11,13H2,1H3,(H,19,21). The average Bonchev–Trinajstić information content (AvgIpc) is 2.66. The molecule has 2 rings (SSSR count). The van der Waals surface area contributed by atoms with Gasteiger partial charge in [-0.05, 0) is 36.4 Å². The van der Waals surface area contributed by atoms with Gasteiger partial charge in [0, 0.05) is 11.4 Å². The Hall–Kier alpha value is -2.74. The average molecular weight is 376 g/mol. The zero-order chi connectivity index (χ0) is 18.8. The third-order valence-corrected chi connectivity index (χ3v) is 4.48. The Morgan fingerprint density at radius 1 is 1.23 bits per heavy atom. The van der Waals surface area contributed by atoms with E-state index in [2.05, 4.69) is 5.32 Å². The molecule has 0 bridgehead atoms. The fraction of sp³-hybridized carbons (Fsp3) is 0.278. The molecule has 8 heteroatoms. The number of amides is 1. The second-order valence-electron chi connectivity index (χ2n) is 5.24. The highest BCUT2D eigenvalue weighted by molar-refractivity contribution is 7.99. The Balaban J connectivity index is 1.71. The van der Waals surface area contributed by atoms with Gasteiger partial charge in [0.15, 0.2) is 12.4 Å². The quantitative estimate of drug-likeness (QED) is 0.296. The van der Waals surface area contributed by atoms with E-state index in [9.17, 15) is 14.9 Å². The summed E-state index contributed by atoms with van der Waals surface area (Å²) in [5, 5.41) is 13.8. The number of hydrogen-bond donors (Lipinski definition) is 1. The Labute approximate surface area is 155 Å². The van der Waals surface area contributed by atoms with E-state index in [-0.39, 0.29) is 24.0 Å². The van der Waals surface area contributed by atoms with E-state index < -0.39 is 4.92 Å². The molecular formula is C18H20N2O5S. The summed E-state index contributed by atoms with van der Waals surface area (Å²) < 4.78 is 10.2. The Morgan fingerprint density at radius 3 is 2.69 bits per heavy atom. The lowest BCUT2D eigenvalue weighted by Crippen LogP contribution is -2.30. The monoisotopic (exact) mass is 376 g/mol. The molecule has 0 aliphatic heterocycles. The molecule has 138 valence electrons. The summed E-state index contributed by atoms with van der Waals surface area (Å²) in [7, 11) is 1.42. The van der Waals surface area contributed by atoms with Gasteiger partial charge in [-0.2, -0.15) is 0 Å². The second kappa shape index (κ2) is 10.3. The van der Waals surface area contributed by atoms with Gasteiger partial charge < -0.3 is 14.8 Å². The van der Waals surface area contributed by atoms with Gasteiger partial charge in [0.05, 0.1) is 18.1 Å². The smallest absolute Gasteiger partial charge is 0.314 e. The van der Waals surface area contributed by atoms with Crippen molar-refractivity contribution in [3.63, 3.8) is 0 Å². The molecule has 1 amide bonds. The summed E-state index contributed by atoms with van der Waals surface area (Å²) in [4.78, 5) is 23.5. The van der Waals surface area contributed by atoms with Crippen LogP contribution < -0.4 is 14.8 Å². The molecule has 26 heavy (non-hydrogen) atoms. The third kappa shape index (κ3) is 6.29. The zero-order valence-corrected chi connectivity index (χ0v) is 15.2. The number of nitro benzene ring substituents is 1. The number of benzene rings is 2. The van der Waals surface area contributed by atoms with Crippen molar-refractivity contribution in [2.45, 2.75) is 11.3 Å². The van der Waals surface area contributed by atoms with Crippen LogP contribution in [-0.4, -0.2) is 36.8 Å². The molecule has 0 heterocycles. The molecule has 0 aliphatic rings. The van der Waals surface area contributed by atoms with Crippen LogP contribution in [0.2, 0.25) is 0 Å². The van der Waals surface area contributed by atoms with Crippen molar-refractivity contribution in [2.75, 3.05) is 26.0 Å². The van der Waals surface area contributed by atoms with E-state index in [4.69, 9.17) is 9.47 Å². The normalized spacial score (nSPS) is 10.2. The number of ether oxygens (including phenoxy) is 2. The number of nitrogens with zero attached hydrogens (tertiary/aromatic N) is 1. The lowest BCUT2D eigenvalue weighted by Gasteiger charge is -2.09. The second-order valence-corrected chi connectivity index (χ2v) is 6.41. The maximum absolute atomic E-state index is 11.8. The van der Waals surface area contributed by atoms with Gasteiger partial charge in [-0.15, -0.1) is 11.8 Å². The molecule has 0 fully saturated rings. The van der Waals surface area contributed by atoms with E-state index >= 15 is 0 Å². The van der Waals surface area contributed by atoms with E-state index in [1.165, 1.54) is 24.1 Å². The lowest BCUT2D eigenvalue weighted by atomic mass is 10.3. The van der Waals surface area contributed by atoms with Crippen molar-refractivity contribution >= 4 is 23.4 Å². The van der Waals surface area contributed by atoms with Gasteiger partial charge in [0.2, 0.25) is 0 Å². The fourth-order valence-corrected chi connectivity index (χ4v) is 2.96. The molecule has 1 N–H and O–H groups in total. The first-order valence-corrected chi connectivity index (χ1v) is 8.98. The molecule has 0 saturated carbocycles. The number of carbonyl (C=O) groups excluding carboxylic acids is 1. The van der Waals surface area contributed by atoms with Gasteiger partial charge in [0.1, 0.15) is 5.75 Å². The van der Waals surface area contributed by atoms with Crippen LogP contribution in [0.5, 0.6) is 11.5 Å². The van der Waals surface area contributed by atoms with E-state index in [1.54, 1.807) is 17.8 Å². The van der Waals surface area contributed by atoms with Crippen molar-refractivity contribution < 1.29 is 19.2 Å². The highest BCUT2D eigenvalue weighted by Gasteiger charge is 2.17. The molecule has 0 unspecified atom stereocenters. The largest absolute Gasteiger partial charge is 0.496 e. The van der Waals surface area contributed by atoms with Crippen molar-refractivity contribution in [1.29, 1.82) is 0 Å². The fourth-order valence-electron chi connectivity index (χ4n) is 2.09. The van der Waals surface area contributed by atoms with E-state index in [0.29, 0.717) is 12.3 Å². The molecule has 7 nitrogen and oxygen atoms in total. The SMILES string of the molecule is COc1ccc(OCC(=O)NCCCSc2ccccc2)c([N+](=O)[O-])c1. The van der Waals surface area contributed by atoms with Gasteiger partial charge in [0.25, 0.3) is 5.91 Å². The molecule has 0 saturated heterocycles. The molecule has 0 radical (unpaired) electrons. The number of hydrogen-bond acceptors (Lipinski definition) is 6. The summed E-state index contributed by atoms with van der Waals surface area (Å²) in [6.45, 7) is 0.242. The van der Waals surface area contributed by atoms with Crippen molar-refractivity contribution in [1.82, 2.24) is 5.32 Å². The van der Waals surface area contributed by atoms with E-state index in [1.807, 2.05) is 30.3 Å². The van der Waals surface area contributed by atoms with Crippen molar-refractivity contribution in [3.8, 4) is 11.5 Å². The predicted octanol–water partition coefficient (Wildman–Crippen LogP) is 3.28. The summed E-state index contributed by atoms with van der Waals surface area (Å²) in [6.07, 6.45) is 0.813. The van der Waals surface area contributed by atoms with Gasteiger partial charge in [-0.25, -0.2) is 0 Å². The summed E-state index contributed by atoms with van der Waals surface area (Å²) in [5.74, 6) is 0.949. The highest BCUT2D eigenvalue weighted by Crippen LogP contribution is 2.30.